The molecule has 0 amide bonds. The molecule has 0 N–H and O–H groups in total. The second kappa shape index (κ2) is 4.84. The highest BCUT2D eigenvalue weighted by Crippen LogP contribution is 2.20. The zero-order valence-electron chi connectivity index (χ0n) is 9.81. The number of carbonyl (C=O) groups excluding carboxylic acids is 1. The van der Waals surface area contributed by atoms with Crippen molar-refractivity contribution in [3.8, 4) is 0 Å². The molecular formula is C14H8F4O. The number of benzene rings is 2. The van der Waals surface area contributed by atoms with Gasteiger partial charge in [0.25, 0.3) is 0 Å². The Morgan fingerprint density at radius 3 is 2.11 bits per heavy atom. The van der Waals surface area contributed by atoms with Gasteiger partial charge in [-0.15, -0.1) is 0 Å². The molecule has 19 heavy (non-hydrogen) atoms. The molecule has 0 fully saturated rings. The van der Waals surface area contributed by atoms with Crippen LogP contribution in [-0.4, -0.2) is 5.78 Å². The second-order valence-electron chi connectivity index (χ2n) is 4.03. The van der Waals surface area contributed by atoms with Crippen molar-refractivity contribution in [1.29, 1.82) is 0 Å². The summed E-state index contributed by atoms with van der Waals surface area (Å²) in [4.78, 5) is 12.0. The molecule has 98 valence electrons. The van der Waals surface area contributed by atoms with Crippen molar-refractivity contribution >= 4 is 5.78 Å². The predicted molar refractivity (Wildman–Crippen MR) is 60.9 cm³/mol. The molecule has 0 unspecified atom stereocenters. The van der Waals surface area contributed by atoms with Gasteiger partial charge in [-0.1, -0.05) is 0 Å². The Kier molecular flexibility index (Phi) is 3.38. The first-order valence-corrected chi connectivity index (χ1v) is 5.35. The highest BCUT2D eigenvalue weighted by molar-refractivity contribution is 6.10. The van der Waals surface area contributed by atoms with Gasteiger partial charge in [0.05, 0.1) is 5.56 Å². The third-order valence-corrected chi connectivity index (χ3v) is 2.69. The van der Waals surface area contributed by atoms with Gasteiger partial charge < -0.3 is 0 Å². The summed E-state index contributed by atoms with van der Waals surface area (Å²) in [5.74, 6) is -5.21. The molecule has 1 nitrogen and oxygen atoms in total. The SMILES string of the molecule is Cc1cc(F)ccc1C(=O)c1cc(F)c(F)cc1F. The fraction of sp³-hybridized carbons (Fsp3) is 0.0714. The van der Waals surface area contributed by atoms with Gasteiger partial charge in [-0.2, -0.15) is 0 Å². The van der Waals surface area contributed by atoms with Gasteiger partial charge in [-0.05, 0) is 36.8 Å². The van der Waals surface area contributed by atoms with E-state index in [0.717, 1.165) is 12.1 Å². The molecule has 0 saturated heterocycles. The standard InChI is InChI=1S/C14H8F4O/c1-7-4-8(15)2-3-9(7)14(19)10-5-12(17)13(18)6-11(10)16/h2-6H,1H3. The summed E-state index contributed by atoms with van der Waals surface area (Å²) in [6, 6.07) is 4.12. The number of halogens is 4. The Morgan fingerprint density at radius 1 is 0.842 bits per heavy atom. The zero-order valence-corrected chi connectivity index (χ0v) is 9.81. The average molecular weight is 268 g/mol. The fourth-order valence-corrected chi connectivity index (χ4v) is 1.72. The largest absolute Gasteiger partial charge is 0.288 e. The van der Waals surface area contributed by atoms with Crippen LogP contribution >= 0.6 is 0 Å². The molecule has 0 spiro atoms. The molecule has 0 saturated carbocycles. The lowest BCUT2D eigenvalue weighted by molar-refractivity contribution is 0.103. The highest BCUT2D eigenvalue weighted by atomic mass is 19.2. The number of hydrogen-bond donors (Lipinski definition) is 0. The fourth-order valence-electron chi connectivity index (χ4n) is 1.72. The van der Waals surface area contributed by atoms with Crippen molar-refractivity contribution in [3.63, 3.8) is 0 Å². The molecule has 0 aliphatic heterocycles. The van der Waals surface area contributed by atoms with E-state index in [-0.39, 0.29) is 11.1 Å². The van der Waals surface area contributed by atoms with Crippen LogP contribution in [0, 0.1) is 30.2 Å². The molecule has 2 aromatic carbocycles. The predicted octanol–water partition coefficient (Wildman–Crippen LogP) is 3.78. The number of ketones is 1. The lowest BCUT2D eigenvalue weighted by Crippen LogP contribution is -2.08. The van der Waals surface area contributed by atoms with Crippen LogP contribution in [0.5, 0.6) is 0 Å². The van der Waals surface area contributed by atoms with E-state index in [1.54, 1.807) is 0 Å². The minimum absolute atomic E-state index is 0.0336. The molecule has 0 bridgehead atoms. The maximum Gasteiger partial charge on any atom is 0.196 e. The number of hydrogen-bond acceptors (Lipinski definition) is 1. The monoisotopic (exact) mass is 268 g/mol. The van der Waals surface area contributed by atoms with Crippen LogP contribution in [0.1, 0.15) is 21.5 Å². The summed E-state index contributed by atoms with van der Waals surface area (Å²) in [6.45, 7) is 1.47. The van der Waals surface area contributed by atoms with Gasteiger partial charge in [-0.3, -0.25) is 4.79 Å². The first-order valence-electron chi connectivity index (χ1n) is 5.35. The van der Waals surface area contributed by atoms with Crippen LogP contribution in [0.2, 0.25) is 0 Å². The Balaban J connectivity index is 2.53. The van der Waals surface area contributed by atoms with Crippen LogP contribution in [0.15, 0.2) is 30.3 Å². The van der Waals surface area contributed by atoms with Gasteiger partial charge in [0, 0.05) is 11.6 Å². The van der Waals surface area contributed by atoms with Gasteiger partial charge in [0.1, 0.15) is 11.6 Å². The maximum absolute atomic E-state index is 13.5. The van der Waals surface area contributed by atoms with Gasteiger partial charge in [-0.25, -0.2) is 17.6 Å². The average Bonchev–Trinajstić information content (AvgIpc) is 2.33. The van der Waals surface area contributed by atoms with E-state index in [1.807, 2.05) is 0 Å². The molecule has 0 aromatic heterocycles. The van der Waals surface area contributed by atoms with E-state index in [9.17, 15) is 22.4 Å². The van der Waals surface area contributed by atoms with E-state index >= 15 is 0 Å². The van der Waals surface area contributed by atoms with Gasteiger partial charge in [0.2, 0.25) is 0 Å². The van der Waals surface area contributed by atoms with Crippen molar-refractivity contribution in [3.05, 3.63) is 70.3 Å². The Bertz CT molecular complexity index is 665. The van der Waals surface area contributed by atoms with Gasteiger partial charge >= 0.3 is 0 Å². The summed E-state index contributed by atoms with van der Waals surface area (Å²) in [5, 5.41) is 0. The van der Waals surface area contributed by atoms with Gasteiger partial charge in [0.15, 0.2) is 17.4 Å². The maximum atomic E-state index is 13.5. The molecule has 0 heterocycles. The molecule has 2 rings (SSSR count). The second-order valence-corrected chi connectivity index (χ2v) is 4.03. The number of aryl methyl sites for hydroxylation is 1. The Labute approximate surface area is 106 Å². The molecule has 2 aromatic rings. The molecular weight excluding hydrogens is 260 g/mol. The molecule has 0 atom stereocenters. The molecule has 5 heteroatoms. The van der Waals surface area contributed by atoms with Crippen LogP contribution < -0.4 is 0 Å². The molecule has 0 aliphatic rings. The van der Waals surface area contributed by atoms with E-state index in [1.165, 1.54) is 13.0 Å². The van der Waals surface area contributed by atoms with E-state index in [2.05, 4.69) is 0 Å². The van der Waals surface area contributed by atoms with E-state index in [4.69, 9.17) is 0 Å². The zero-order chi connectivity index (χ0) is 14.2. The van der Waals surface area contributed by atoms with Crippen molar-refractivity contribution in [2.75, 3.05) is 0 Å². The molecule has 0 radical (unpaired) electrons. The lowest BCUT2D eigenvalue weighted by Gasteiger charge is -2.06. The third kappa shape index (κ3) is 2.50. The third-order valence-electron chi connectivity index (χ3n) is 2.69. The number of rotatable bonds is 2. The highest BCUT2D eigenvalue weighted by Gasteiger charge is 2.19. The first-order chi connectivity index (χ1) is 8.90. The van der Waals surface area contributed by atoms with Crippen molar-refractivity contribution in [2.45, 2.75) is 6.92 Å². The Hall–Kier alpha value is -2.17. The minimum Gasteiger partial charge on any atom is -0.288 e. The van der Waals surface area contributed by atoms with Crippen LogP contribution in [0.3, 0.4) is 0 Å². The van der Waals surface area contributed by atoms with Crippen molar-refractivity contribution in [1.82, 2.24) is 0 Å². The van der Waals surface area contributed by atoms with Crippen LogP contribution in [0.25, 0.3) is 0 Å². The molecule has 0 aliphatic carbocycles. The Morgan fingerprint density at radius 2 is 1.47 bits per heavy atom. The smallest absolute Gasteiger partial charge is 0.196 e. The summed E-state index contributed by atoms with van der Waals surface area (Å²) in [5.41, 5.74) is -0.269. The van der Waals surface area contributed by atoms with E-state index < -0.39 is 34.6 Å². The lowest BCUT2D eigenvalue weighted by atomic mass is 9.98. The van der Waals surface area contributed by atoms with Crippen molar-refractivity contribution in [2.24, 2.45) is 0 Å². The number of carbonyl (C=O) groups is 1. The normalized spacial score (nSPS) is 10.6. The van der Waals surface area contributed by atoms with Crippen LogP contribution in [-0.2, 0) is 0 Å². The summed E-state index contributed by atoms with van der Waals surface area (Å²) in [6.07, 6.45) is 0. The minimum atomic E-state index is -1.37. The summed E-state index contributed by atoms with van der Waals surface area (Å²) in [7, 11) is 0. The summed E-state index contributed by atoms with van der Waals surface area (Å²) >= 11 is 0. The van der Waals surface area contributed by atoms with E-state index in [0.29, 0.717) is 12.1 Å². The van der Waals surface area contributed by atoms with Crippen molar-refractivity contribution < 1.29 is 22.4 Å². The summed E-state index contributed by atoms with van der Waals surface area (Å²) < 4.78 is 52.2. The first kappa shape index (κ1) is 13.3. The quantitative estimate of drug-likeness (QED) is 0.460. The topological polar surface area (TPSA) is 17.1 Å². The van der Waals surface area contributed by atoms with Crippen LogP contribution in [0.4, 0.5) is 17.6 Å².